The summed E-state index contributed by atoms with van der Waals surface area (Å²) < 4.78 is 10.7. The second kappa shape index (κ2) is 5.40. The zero-order valence-corrected chi connectivity index (χ0v) is 12.5. The van der Waals surface area contributed by atoms with E-state index in [4.69, 9.17) is 9.26 Å². The van der Waals surface area contributed by atoms with Crippen LogP contribution in [0, 0.1) is 0 Å². The maximum Gasteiger partial charge on any atom is 0.276 e. The molecule has 7 heteroatoms. The number of hydrogen-bond acceptors (Lipinski definition) is 7. The molecule has 3 rings (SSSR count). The summed E-state index contributed by atoms with van der Waals surface area (Å²) in [5, 5.41) is 4.03. The predicted octanol–water partition coefficient (Wildman–Crippen LogP) is 1.66. The van der Waals surface area contributed by atoms with Crippen LogP contribution in [0.2, 0.25) is 0 Å². The summed E-state index contributed by atoms with van der Waals surface area (Å²) in [7, 11) is 0. The van der Waals surface area contributed by atoms with Gasteiger partial charge in [0.2, 0.25) is 0 Å². The van der Waals surface area contributed by atoms with E-state index in [0.29, 0.717) is 30.6 Å². The van der Waals surface area contributed by atoms with Crippen molar-refractivity contribution in [2.24, 2.45) is 0 Å². The van der Waals surface area contributed by atoms with Crippen LogP contribution < -0.4 is 4.90 Å². The maximum absolute atomic E-state index is 5.35. The number of nitrogens with zero attached hydrogens (tertiary/aromatic N) is 5. The van der Waals surface area contributed by atoms with Crippen molar-refractivity contribution in [3.05, 3.63) is 18.2 Å². The first-order valence-corrected chi connectivity index (χ1v) is 7.03. The summed E-state index contributed by atoms with van der Waals surface area (Å²) in [5.74, 6) is 1.96. The zero-order chi connectivity index (χ0) is 14.9. The van der Waals surface area contributed by atoms with Crippen LogP contribution in [0.3, 0.4) is 0 Å². The van der Waals surface area contributed by atoms with Crippen molar-refractivity contribution >= 4 is 5.82 Å². The SMILES string of the molecule is CC(C)(C)c1noc(-c2cc(N3CCOCC3)ncn2)n1. The summed E-state index contributed by atoms with van der Waals surface area (Å²) in [4.78, 5) is 15.1. The number of rotatable bonds is 2. The van der Waals surface area contributed by atoms with Crippen LogP contribution in [0.5, 0.6) is 0 Å². The van der Waals surface area contributed by atoms with Gasteiger partial charge in [-0.2, -0.15) is 4.98 Å². The van der Waals surface area contributed by atoms with Crippen molar-refractivity contribution < 1.29 is 9.26 Å². The van der Waals surface area contributed by atoms with E-state index < -0.39 is 0 Å². The van der Waals surface area contributed by atoms with Crippen LogP contribution in [0.4, 0.5) is 5.82 Å². The highest BCUT2D eigenvalue weighted by molar-refractivity contribution is 5.54. The number of ether oxygens (including phenoxy) is 1. The Bertz CT molecular complexity index is 614. The molecular formula is C14H19N5O2. The molecule has 1 aliphatic rings. The Morgan fingerprint density at radius 1 is 1.14 bits per heavy atom. The lowest BCUT2D eigenvalue weighted by atomic mass is 9.96. The molecule has 0 N–H and O–H groups in total. The van der Waals surface area contributed by atoms with Gasteiger partial charge in [0.15, 0.2) is 5.82 Å². The van der Waals surface area contributed by atoms with Gasteiger partial charge in [-0.1, -0.05) is 25.9 Å². The normalized spacial score (nSPS) is 16.2. The number of anilines is 1. The van der Waals surface area contributed by atoms with Crippen LogP contribution in [-0.4, -0.2) is 46.4 Å². The molecule has 21 heavy (non-hydrogen) atoms. The maximum atomic E-state index is 5.35. The molecule has 0 unspecified atom stereocenters. The summed E-state index contributed by atoms with van der Waals surface area (Å²) in [6.07, 6.45) is 1.53. The van der Waals surface area contributed by atoms with E-state index in [9.17, 15) is 0 Å². The van der Waals surface area contributed by atoms with E-state index in [2.05, 4.69) is 25.0 Å². The fourth-order valence-electron chi connectivity index (χ4n) is 2.06. The fourth-order valence-corrected chi connectivity index (χ4v) is 2.06. The highest BCUT2D eigenvalue weighted by Crippen LogP contribution is 2.24. The lowest BCUT2D eigenvalue weighted by molar-refractivity contribution is 0.122. The number of morpholine rings is 1. The molecule has 7 nitrogen and oxygen atoms in total. The largest absolute Gasteiger partial charge is 0.378 e. The van der Waals surface area contributed by atoms with Crippen LogP contribution >= 0.6 is 0 Å². The van der Waals surface area contributed by atoms with Crippen molar-refractivity contribution in [1.29, 1.82) is 0 Å². The van der Waals surface area contributed by atoms with Gasteiger partial charge in [0.05, 0.1) is 13.2 Å². The molecule has 0 amide bonds. The van der Waals surface area contributed by atoms with E-state index >= 15 is 0 Å². The van der Waals surface area contributed by atoms with Crippen molar-refractivity contribution in [2.45, 2.75) is 26.2 Å². The van der Waals surface area contributed by atoms with Crippen molar-refractivity contribution in [3.8, 4) is 11.6 Å². The second-order valence-corrected chi connectivity index (χ2v) is 6.03. The van der Waals surface area contributed by atoms with Gasteiger partial charge in [0, 0.05) is 24.6 Å². The van der Waals surface area contributed by atoms with E-state index in [1.54, 1.807) is 0 Å². The highest BCUT2D eigenvalue weighted by Gasteiger charge is 2.22. The third kappa shape index (κ3) is 3.02. The summed E-state index contributed by atoms with van der Waals surface area (Å²) in [6, 6.07) is 1.88. The van der Waals surface area contributed by atoms with Crippen LogP contribution in [0.15, 0.2) is 16.9 Å². The van der Waals surface area contributed by atoms with Gasteiger partial charge >= 0.3 is 0 Å². The van der Waals surface area contributed by atoms with Gasteiger partial charge in [-0.25, -0.2) is 9.97 Å². The number of aromatic nitrogens is 4. The Balaban J connectivity index is 1.87. The molecule has 0 spiro atoms. The first-order chi connectivity index (χ1) is 10.0. The van der Waals surface area contributed by atoms with Gasteiger partial charge in [-0.05, 0) is 0 Å². The molecule has 0 aromatic carbocycles. The zero-order valence-electron chi connectivity index (χ0n) is 12.5. The van der Waals surface area contributed by atoms with Gasteiger partial charge in [-0.3, -0.25) is 0 Å². The summed E-state index contributed by atoms with van der Waals surface area (Å²) in [6.45, 7) is 9.21. The van der Waals surface area contributed by atoms with Crippen LogP contribution in [0.25, 0.3) is 11.6 Å². The molecule has 0 atom stereocenters. The minimum atomic E-state index is -0.151. The average Bonchev–Trinajstić information content (AvgIpc) is 2.98. The fraction of sp³-hybridized carbons (Fsp3) is 0.571. The third-order valence-electron chi connectivity index (χ3n) is 3.30. The molecule has 1 aliphatic heterocycles. The lowest BCUT2D eigenvalue weighted by Gasteiger charge is -2.27. The molecule has 2 aromatic heterocycles. The Labute approximate surface area is 123 Å². The Morgan fingerprint density at radius 3 is 2.57 bits per heavy atom. The van der Waals surface area contributed by atoms with Gasteiger partial charge in [0.25, 0.3) is 5.89 Å². The second-order valence-electron chi connectivity index (χ2n) is 6.03. The Kier molecular flexibility index (Phi) is 3.59. The molecular weight excluding hydrogens is 270 g/mol. The molecule has 0 radical (unpaired) electrons. The van der Waals surface area contributed by atoms with E-state index in [-0.39, 0.29) is 5.41 Å². The minimum absolute atomic E-state index is 0.151. The topological polar surface area (TPSA) is 77.2 Å². The quantitative estimate of drug-likeness (QED) is 0.832. The van der Waals surface area contributed by atoms with Crippen molar-refractivity contribution in [1.82, 2.24) is 20.1 Å². The van der Waals surface area contributed by atoms with Crippen molar-refractivity contribution in [2.75, 3.05) is 31.2 Å². The summed E-state index contributed by atoms with van der Waals surface area (Å²) in [5.41, 5.74) is 0.497. The van der Waals surface area contributed by atoms with Crippen LogP contribution in [0.1, 0.15) is 26.6 Å². The first-order valence-electron chi connectivity index (χ1n) is 7.03. The molecule has 112 valence electrons. The van der Waals surface area contributed by atoms with E-state index in [1.165, 1.54) is 6.33 Å². The van der Waals surface area contributed by atoms with Gasteiger partial charge in [-0.15, -0.1) is 0 Å². The lowest BCUT2D eigenvalue weighted by Crippen LogP contribution is -2.36. The predicted molar refractivity (Wildman–Crippen MR) is 77.1 cm³/mol. The molecule has 2 aromatic rings. The Morgan fingerprint density at radius 2 is 1.90 bits per heavy atom. The average molecular weight is 289 g/mol. The van der Waals surface area contributed by atoms with Gasteiger partial charge < -0.3 is 14.2 Å². The monoisotopic (exact) mass is 289 g/mol. The van der Waals surface area contributed by atoms with Crippen molar-refractivity contribution in [3.63, 3.8) is 0 Å². The molecule has 0 aliphatic carbocycles. The molecule has 0 bridgehead atoms. The smallest absolute Gasteiger partial charge is 0.276 e. The molecule has 1 fully saturated rings. The molecule has 0 saturated carbocycles. The third-order valence-corrected chi connectivity index (χ3v) is 3.30. The van der Waals surface area contributed by atoms with Crippen LogP contribution in [-0.2, 0) is 10.2 Å². The number of hydrogen-bond donors (Lipinski definition) is 0. The molecule has 3 heterocycles. The van der Waals surface area contributed by atoms with Gasteiger partial charge in [0.1, 0.15) is 17.8 Å². The van der Waals surface area contributed by atoms with E-state index in [1.807, 2.05) is 26.8 Å². The summed E-state index contributed by atoms with van der Waals surface area (Å²) >= 11 is 0. The standard InChI is InChI=1S/C14H19N5O2/c1-14(2,3)13-17-12(21-18-13)10-8-11(16-9-15-10)19-4-6-20-7-5-19/h8-9H,4-7H2,1-3H3. The first kappa shape index (κ1) is 13.9. The Hall–Kier alpha value is -2.02. The highest BCUT2D eigenvalue weighted by atomic mass is 16.5. The molecule has 1 saturated heterocycles. The van der Waals surface area contributed by atoms with E-state index in [0.717, 1.165) is 18.9 Å². The minimum Gasteiger partial charge on any atom is -0.378 e.